The first-order chi connectivity index (χ1) is 5.00. The largest absolute Gasteiger partial charge is 0.454 e. The van der Waals surface area contributed by atoms with Crippen LogP contribution in [0.4, 0.5) is 13.2 Å². The third kappa shape index (κ3) is 17.6. The molecule has 0 saturated heterocycles. The van der Waals surface area contributed by atoms with E-state index in [4.69, 9.17) is 0 Å². The van der Waals surface area contributed by atoms with Crippen LogP contribution < -0.4 is 5.73 Å². The predicted molar refractivity (Wildman–Crippen MR) is 36.7 cm³/mol. The van der Waals surface area contributed by atoms with Crippen molar-refractivity contribution in [3.63, 3.8) is 0 Å². The highest BCUT2D eigenvalue weighted by molar-refractivity contribution is 4.99. The summed E-state index contributed by atoms with van der Waals surface area (Å²) in [6, 6.07) is 12.0. The number of hydrogen-bond acceptors (Lipinski definition) is 1. The first kappa shape index (κ1) is 9.97. The second kappa shape index (κ2) is 4.73. The number of hydrogen-bond donors (Lipinski definition) is 1. The fourth-order valence-electron chi connectivity index (χ4n) is 0.385. The monoisotopic (exact) mass is 163 g/mol. The minimum atomic E-state index is -4.50. The predicted octanol–water partition coefficient (Wildman–Crippen LogP) is 2.15. The van der Waals surface area contributed by atoms with Gasteiger partial charge in [-0.25, -0.2) is 5.73 Å². The van der Waals surface area contributed by atoms with Gasteiger partial charge in [-0.3, -0.25) is 0 Å². The molecule has 0 aliphatic heterocycles. The highest BCUT2D eigenvalue weighted by Gasteiger charge is 2.16. The van der Waals surface area contributed by atoms with Crippen molar-refractivity contribution in [3.05, 3.63) is 36.4 Å². The zero-order chi connectivity index (χ0) is 8.74. The number of nitrogens with two attached hydrogens (primary N) is 1. The highest BCUT2D eigenvalue weighted by atomic mass is 19.4. The van der Waals surface area contributed by atoms with Crippen LogP contribution >= 0.6 is 0 Å². The normalized spacial score (nSPS) is 9.82. The Bertz CT molecular complexity index is 138. The van der Waals surface area contributed by atoms with E-state index in [9.17, 15) is 13.2 Å². The van der Waals surface area contributed by atoms with Crippen LogP contribution in [-0.4, -0.2) is 6.30 Å². The van der Waals surface area contributed by atoms with Gasteiger partial charge in [-0.15, -0.1) is 0 Å². The van der Waals surface area contributed by atoms with Crippen molar-refractivity contribution in [2.45, 2.75) is 6.30 Å². The second-order valence-corrected chi connectivity index (χ2v) is 1.70. The molecule has 0 unspecified atom stereocenters. The molecule has 0 atom stereocenters. The molecule has 0 amide bonds. The lowest BCUT2D eigenvalue weighted by molar-refractivity contribution is -0.122. The summed E-state index contributed by atoms with van der Waals surface area (Å²) in [5.74, 6) is 0. The SMILES string of the molecule is NC(F)(F)F.c1ccccc1. The van der Waals surface area contributed by atoms with Gasteiger partial charge >= 0.3 is 6.30 Å². The summed E-state index contributed by atoms with van der Waals surface area (Å²) in [6.45, 7) is 0. The van der Waals surface area contributed by atoms with Gasteiger partial charge in [0.25, 0.3) is 0 Å². The molecule has 2 N–H and O–H groups in total. The molecule has 1 aromatic rings. The highest BCUT2D eigenvalue weighted by Crippen LogP contribution is 2.01. The average Bonchev–Trinajstić information content (AvgIpc) is 1.88. The van der Waals surface area contributed by atoms with Crippen LogP contribution in [0, 0.1) is 0 Å². The molecule has 62 valence electrons. The van der Waals surface area contributed by atoms with Gasteiger partial charge in [-0.05, 0) is 0 Å². The van der Waals surface area contributed by atoms with Gasteiger partial charge in [-0.2, -0.15) is 13.2 Å². The van der Waals surface area contributed by atoms with E-state index >= 15 is 0 Å². The van der Waals surface area contributed by atoms with E-state index in [0.717, 1.165) is 0 Å². The van der Waals surface area contributed by atoms with Crippen LogP contribution in [0.3, 0.4) is 0 Å². The Hall–Kier alpha value is -1.03. The zero-order valence-electron chi connectivity index (χ0n) is 5.68. The number of alkyl halides is 3. The summed E-state index contributed by atoms with van der Waals surface area (Å²) in [5, 5.41) is 0. The summed E-state index contributed by atoms with van der Waals surface area (Å²) in [4.78, 5) is 0. The molecule has 0 aliphatic carbocycles. The zero-order valence-corrected chi connectivity index (χ0v) is 5.68. The van der Waals surface area contributed by atoms with Crippen LogP contribution in [0.15, 0.2) is 36.4 Å². The van der Waals surface area contributed by atoms with E-state index in [0.29, 0.717) is 0 Å². The minimum Gasteiger partial charge on any atom is -0.242 e. The fourth-order valence-corrected chi connectivity index (χ4v) is 0.385. The van der Waals surface area contributed by atoms with Crippen molar-refractivity contribution in [1.82, 2.24) is 0 Å². The Morgan fingerprint density at radius 2 is 0.818 bits per heavy atom. The maximum atomic E-state index is 10.1. The van der Waals surface area contributed by atoms with Gasteiger partial charge in [0.05, 0.1) is 0 Å². The van der Waals surface area contributed by atoms with Gasteiger partial charge in [0.15, 0.2) is 0 Å². The van der Waals surface area contributed by atoms with E-state index < -0.39 is 6.30 Å². The smallest absolute Gasteiger partial charge is 0.242 e. The Kier molecular flexibility index (Phi) is 4.29. The number of rotatable bonds is 0. The van der Waals surface area contributed by atoms with Crippen molar-refractivity contribution in [3.8, 4) is 0 Å². The molecule has 4 heteroatoms. The molecule has 0 spiro atoms. The molecule has 0 saturated carbocycles. The maximum absolute atomic E-state index is 10.1. The van der Waals surface area contributed by atoms with E-state index in [-0.39, 0.29) is 0 Å². The minimum absolute atomic E-state index is 2.00. The molecule has 0 bridgehead atoms. The van der Waals surface area contributed by atoms with E-state index in [2.05, 4.69) is 5.73 Å². The van der Waals surface area contributed by atoms with Crippen LogP contribution in [0.25, 0.3) is 0 Å². The Morgan fingerprint density at radius 3 is 0.909 bits per heavy atom. The van der Waals surface area contributed by atoms with E-state index in [1.54, 1.807) is 0 Å². The molecule has 0 aliphatic rings. The lowest BCUT2D eigenvalue weighted by atomic mass is 10.4. The number of benzene rings is 1. The molecule has 0 fully saturated rings. The van der Waals surface area contributed by atoms with Gasteiger partial charge < -0.3 is 0 Å². The van der Waals surface area contributed by atoms with Crippen LogP contribution in [-0.2, 0) is 0 Å². The van der Waals surface area contributed by atoms with E-state index in [1.807, 2.05) is 36.4 Å². The standard InChI is InChI=1S/C6H6.CH2F3N/c1-2-4-6-5-3-1;2-1(3,4)5/h1-6H;5H2. The van der Waals surface area contributed by atoms with Crippen molar-refractivity contribution >= 4 is 0 Å². The molecule has 0 aromatic heterocycles. The van der Waals surface area contributed by atoms with Crippen LogP contribution in [0.5, 0.6) is 0 Å². The molecule has 1 rings (SSSR count). The Balaban J connectivity index is 0.000000187. The quantitative estimate of drug-likeness (QED) is 0.582. The first-order valence-corrected chi connectivity index (χ1v) is 2.86. The Labute approximate surface area is 62.6 Å². The molecular weight excluding hydrogens is 155 g/mol. The topological polar surface area (TPSA) is 26.0 Å². The van der Waals surface area contributed by atoms with Gasteiger partial charge in [0.2, 0.25) is 0 Å². The van der Waals surface area contributed by atoms with Crippen molar-refractivity contribution in [1.29, 1.82) is 0 Å². The summed E-state index contributed by atoms with van der Waals surface area (Å²) in [6.07, 6.45) is -4.50. The lowest BCUT2D eigenvalue weighted by Crippen LogP contribution is -2.20. The first-order valence-electron chi connectivity index (χ1n) is 2.86. The van der Waals surface area contributed by atoms with Gasteiger partial charge in [0, 0.05) is 0 Å². The maximum Gasteiger partial charge on any atom is 0.454 e. The van der Waals surface area contributed by atoms with Crippen LogP contribution in [0.1, 0.15) is 0 Å². The fraction of sp³-hybridized carbons (Fsp3) is 0.143. The lowest BCUT2D eigenvalue weighted by Gasteiger charge is -1.89. The third-order valence-corrected chi connectivity index (χ3v) is 0.667. The average molecular weight is 163 g/mol. The molecule has 0 heterocycles. The Morgan fingerprint density at radius 1 is 0.727 bits per heavy atom. The third-order valence-electron chi connectivity index (χ3n) is 0.667. The van der Waals surface area contributed by atoms with Gasteiger partial charge in [0.1, 0.15) is 0 Å². The molecule has 1 aromatic carbocycles. The summed E-state index contributed by atoms with van der Waals surface area (Å²) in [5.41, 5.74) is 3.35. The van der Waals surface area contributed by atoms with Gasteiger partial charge in [-0.1, -0.05) is 36.4 Å². The van der Waals surface area contributed by atoms with Crippen molar-refractivity contribution in [2.75, 3.05) is 0 Å². The van der Waals surface area contributed by atoms with Crippen LogP contribution in [0.2, 0.25) is 0 Å². The molecule has 0 radical (unpaired) electrons. The summed E-state index contributed by atoms with van der Waals surface area (Å²) in [7, 11) is 0. The molecule has 11 heavy (non-hydrogen) atoms. The van der Waals surface area contributed by atoms with Crippen molar-refractivity contribution in [2.24, 2.45) is 5.73 Å². The second-order valence-electron chi connectivity index (χ2n) is 1.70. The van der Waals surface area contributed by atoms with E-state index in [1.165, 1.54) is 0 Å². The molecular formula is C7H8F3N. The summed E-state index contributed by atoms with van der Waals surface area (Å²) < 4.78 is 30.4. The summed E-state index contributed by atoms with van der Waals surface area (Å²) >= 11 is 0. The van der Waals surface area contributed by atoms with Crippen molar-refractivity contribution < 1.29 is 13.2 Å². The molecule has 1 nitrogen and oxygen atoms in total. The number of halogens is 3.